The molecule has 0 fully saturated rings. The highest BCUT2D eigenvalue weighted by atomic mass is 32.1. The number of hydrogen-bond donors (Lipinski definition) is 0. The number of benzene rings is 1. The van der Waals surface area contributed by atoms with Crippen molar-refractivity contribution in [3.05, 3.63) is 27.9 Å². The first-order valence-electron chi connectivity index (χ1n) is 4.41. The van der Waals surface area contributed by atoms with Gasteiger partial charge in [-0.15, -0.1) is 6.42 Å². The van der Waals surface area contributed by atoms with Gasteiger partial charge in [0, 0.05) is 0 Å². The van der Waals surface area contributed by atoms with Crippen molar-refractivity contribution in [1.29, 1.82) is 0 Å². The zero-order valence-corrected chi connectivity index (χ0v) is 8.95. The largest absolute Gasteiger partial charge is 0.309 e. The molecule has 0 spiro atoms. The summed E-state index contributed by atoms with van der Waals surface area (Å²) in [6.45, 7) is 0.215. The lowest BCUT2D eigenvalue weighted by Gasteiger charge is -1.97. The molecule has 0 atom stereocenters. The van der Waals surface area contributed by atoms with Crippen LogP contribution in [-0.4, -0.2) is 10.6 Å². The molecule has 5 heteroatoms. The van der Waals surface area contributed by atoms with Gasteiger partial charge in [0.25, 0.3) is 0 Å². The number of isocyanates is 1. The third kappa shape index (κ3) is 1.68. The Hall–Kier alpha value is -2.15. The van der Waals surface area contributed by atoms with Crippen LogP contribution < -0.4 is 4.87 Å². The van der Waals surface area contributed by atoms with E-state index in [1.807, 2.05) is 0 Å². The van der Waals surface area contributed by atoms with Crippen molar-refractivity contribution >= 4 is 33.3 Å². The van der Waals surface area contributed by atoms with Crippen LogP contribution in [0.3, 0.4) is 0 Å². The number of fused-ring (bicyclic) bond motifs is 1. The Morgan fingerprint density at radius 3 is 3.00 bits per heavy atom. The molecule has 1 aromatic heterocycles. The van der Waals surface area contributed by atoms with E-state index in [0.29, 0.717) is 11.2 Å². The zero-order valence-electron chi connectivity index (χ0n) is 8.14. The Labute approximate surface area is 94.9 Å². The maximum absolute atomic E-state index is 11.6. The van der Waals surface area contributed by atoms with Gasteiger partial charge >= 0.3 is 4.87 Å². The van der Waals surface area contributed by atoms with E-state index < -0.39 is 0 Å². The second-order valence-corrected chi connectivity index (χ2v) is 4.01. The first kappa shape index (κ1) is 10.4. The van der Waals surface area contributed by atoms with Gasteiger partial charge in [0.2, 0.25) is 6.08 Å². The lowest BCUT2D eigenvalue weighted by molar-refractivity contribution is 0.565. The Kier molecular flexibility index (Phi) is 2.69. The van der Waals surface area contributed by atoms with Crippen molar-refractivity contribution in [2.75, 3.05) is 0 Å². The van der Waals surface area contributed by atoms with Gasteiger partial charge in [0.05, 0.1) is 22.4 Å². The van der Waals surface area contributed by atoms with Crippen LogP contribution in [0.5, 0.6) is 0 Å². The Morgan fingerprint density at radius 1 is 1.50 bits per heavy atom. The molecule has 0 aliphatic heterocycles. The van der Waals surface area contributed by atoms with E-state index in [-0.39, 0.29) is 11.4 Å². The Balaban J connectivity index is 2.75. The van der Waals surface area contributed by atoms with E-state index in [9.17, 15) is 9.59 Å². The summed E-state index contributed by atoms with van der Waals surface area (Å²) in [5, 5.41) is 0. The molecule has 4 nitrogen and oxygen atoms in total. The van der Waals surface area contributed by atoms with E-state index in [2.05, 4.69) is 10.9 Å². The van der Waals surface area contributed by atoms with Crippen molar-refractivity contribution in [3.63, 3.8) is 0 Å². The summed E-state index contributed by atoms with van der Waals surface area (Å²) in [6.07, 6.45) is 6.64. The Bertz CT molecular complexity index is 684. The van der Waals surface area contributed by atoms with Crippen LogP contribution in [0.25, 0.3) is 10.2 Å². The number of thiazole rings is 1. The number of aliphatic imine (C=N–C) groups is 1. The first-order valence-corrected chi connectivity index (χ1v) is 5.22. The van der Waals surface area contributed by atoms with Crippen molar-refractivity contribution < 1.29 is 4.79 Å². The van der Waals surface area contributed by atoms with Gasteiger partial charge in [-0.05, 0) is 18.2 Å². The second kappa shape index (κ2) is 4.15. The summed E-state index contributed by atoms with van der Waals surface area (Å²) >= 11 is 1.12. The smallest absolute Gasteiger partial charge is 0.287 e. The molecule has 0 radical (unpaired) electrons. The third-order valence-corrected chi connectivity index (χ3v) is 3.04. The normalized spacial score (nSPS) is 9.69. The molecular weight excluding hydrogens is 224 g/mol. The molecule has 0 amide bonds. The summed E-state index contributed by atoms with van der Waals surface area (Å²) < 4.78 is 2.30. The molecule has 0 N–H and O–H groups in total. The highest BCUT2D eigenvalue weighted by Crippen LogP contribution is 2.22. The topological polar surface area (TPSA) is 51.4 Å². The summed E-state index contributed by atoms with van der Waals surface area (Å²) in [7, 11) is 0. The Morgan fingerprint density at radius 2 is 2.31 bits per heavy atom. The SMILES string of the molecule is C#CCn1c(=O)sc2ccc(N=C=O)cc21. The van der Waals surface area contributed by atoms with Gasteiger partial charge < -0.3 is 0 Å². The van der Waals surface area contributed by atoms with Crippen LogP contribution in [0.4, 0.5) is 5.69 Å². The van der Waals surface area contributed by atoms with Crippen LogP contribution in [0.15, 0.2) is 28.0 Å². The van der Waals surface area contributed by atoms with Crippen LogP contribution in [0, 0.1) is 12.3 Å². The predicted molar refractivity (Wildman–Crippen MR) is 62.7 cm³/mol. The van der Waals surface area contributed by atoms with Crippen molar-refractivity contribution in [2.24, 2.45) is 4.99 Å². The minimum Gasteiger partial charge on any atom is -0.287 e. The van der Waals surface area contributed by atoms with E-state index in [1.54, 1.807) is 18.2 Å². The van der Waals surface area contributed by atoms with E-state index in [0.717, 1.165) is 16.0 Å². The van der Waals surface area contributed by atoms with Gasteiger partial charge in [0.1, 0.15) is 0 Å². The maximum atomic E-state index is 11.6. The molecule has 0 unspecified atom stereocenters. The van der Waals surface area contributed by atoms with E-state index in [1.165, 1.54) is 10.6 Å². The van der Waals surface area contributed by atoms with Crippen LogP contribution in [-0.2, 0) is 11.3 Å². The lowest BCUT2D eigenvalue weighted by atomic mass is 10.3. The molecule has 0 saturated carbocycles. The summed E-state index contributed by atoms with van der Waals surface area (Å²) in [5.74, 6) is 2.42. The lowest BCUT2D eigenvalue weighted by Crippen LogP contribution is -2.11. The van der Waals surface area contributed by atoms with Gasteiger partial charge in [-0.2, -0.15) is 4.99 Å². The number of aromatic nitrogens is 1. The second-order valence-electron chi connectivity index (χ2n) is 3.01. The van der Waals surface area contributed by atoms with Crippen molar-refractivity contribution in [3.8, 4) is 12.3 Å². The maximum Gasteiger partial charge on any atom is 0.309 e. The van der Waals surface area contributed by atoms with Crippen LogP contribution in [0.2, 0.25) is 0 Å². The fourth-order valence-corrected chi connectivity index (χ4v) is 2.28. The molecule has 1 aromatic carbocycles. The quantitative estimate of drug-likeness (QED) is 0.447. The van der Waals surface area contributed by atoms with Crippen LogP contribution in [0.1, 0.15) is 0 Å². The van der Waals surface area contributed by atoms with E-state index in [4.69, 9.17) is 6.42 Å². The molecule has 0 bridgehead atoms. The average Bonchev–Trinajstić information content (AvgIpc) is 2.57. The van der Waals surface area contributed by atoms with E-state index >= 15 is 0 Å². The minimum absolute atomic E-state index is 0.111. The molecule has 78 valence electrons. The molecule has 0 aliphatic rings. The number of terminal acetylenes is 1. The fourth-order valence-electron chi connectivity index (χ4n) is 1.41. The monoisotopic (exact) mass is 230 g/mol. The molecule has 16 heavy (non-hydrogen) atoms. The van der Waals surface area contributed by atoms with Crippen LogP contribution >= 0.6 is 11.3 Å². The third-order valence-electron chi connectivity index (χ3n) is 2.08. The zero-order chi connectivity index (χ0) is 11.5. The van der Waals surface area contributed by atoms with Crippen molar-refractivity contribution in [1.82, 2.24) is 4.57 Å². The number of hydrogen-bond acceptors (Lipinski definition) is 4. The minimum atomic E-state index is -0.111. The molecule has 2 rings (SSSR count). The first-order chi connectivity index (χ1) is 7.76. The summed E-state index contributed by atoms with van der Waals surface area (Å²) in [6, 6.07) is 5.05. The van der Waals surface area contributed by atoms with Gasteiger partial charge in [0.15, 0.2) is 0 Å². The summed E-state index contributed by atoms with van der Waals surface area (Å²) in [5.41, 5.74) is 1.16. The van der Waals surface area contributed by atoms with Gasteiger partial charge in [-0.1, -0.05) is 17.3 Å². The van der Waals surface area contributed by atoms with Gasteiger partial charge in [-0.3, -0.25) is 9.36 Å². The number of carbonyl (C=O) groups excluding carboxylic acids is 1. The molecule has 1 heterocycles. The molecular formula is C11H6N2O2S. The fraction of sp³-hybridized carbons (Fsp3) is 0.0909. The number of nitrogens with zero attached hydrogens (tertiary/aromatic N) is 2. The average molecular weight is 230 g/mol. The standard InChI is InChI=1S/C11H6N2O2S/c1-2-5-13-9-6-8(12-7-14)3-4-10(9)16-11(13)15/h1,3-4,6H,5H2. The molecule has 2 aromatic rings. The highest BCUT2D eigenvalue weighted by molar-refractivity contribution is 7.16. The molecule has 0 saturated heterocycles. The van der Waals surface area contributed by atoms with Crippen molar-refractivity contribution in [2.45, 2.75) is 6.54 Å². The van der Waals surface area contributed by atoms with Gasteiger partial charge in [-0.25, -0.2) is 4.79 Å². The highest BCUT2D eigenvalue weighted by Gasteiger charge is 2.06. The predicted octanol–water partition coefficient (Wildman–Crippen LogP) is 1.66. The summed E-state index contributed by atoms with van der Waals surface area (Å²) in [4.78, 5) is 25.1. The number of rotatable bonds is 2. The molecule has 0 aliphatic carbocycles.